The smallest absolute Gasteiger partial charge is 0.306 e. The number of aryl methyl sites for hydroxylation is 4. The first-order valence-corrected chi connectivity index (χ1v) is 12.2. The highest BCUT2D eigenvalue weighted by molar-refractivity contribution is 7.15. The number of benzene rings is 1. The Bertz CT molecular complexity index is 1490. The van der Waals surface area contributed by atoms with Gasteiger partial charge in [0.15, 0.2) is 5.82 Å². The lowest BCUT2D eigenvalue weighted by Crippen LogP contribution is -2.10. The second-order valence-corrected chi connectivity index (χ2v) is 10.1. The number of aliphatic carboxylic acids is 1. The summed E-state index contributed by atoms with van der Waals surface area (Å²) < 4.78 is 3.83. The predicted octanol–water partition coefficient (Wildman–Crippen LogP) is 4.71. The molecule has 0 amide bonds. The summed E-state index contributed by atoms with van der Waals surface area (Å²) in [5.74, 6) is 0.351. The number of hydrogen-bond donors (Lipinski definition) is 2. The van der Waals surface area contributed by atoms with Gasteiger partial charge in [0.05, 0.1) is 29.2 Å². The molecule has 10 heteroatoms. The summed E-state index contributed by atoms with van der Waals surface area (Å²) in [6, 6.07) is 7.44. The third-order valence-electron chi connectivity index (χ3n) is 6.54. The number of anilines is 2. The van der Waals surface area contributed by atoms with Gasteiger partial charge in [-0.1, -0.05) is 12.1 Å². The Balaban J connectivity index is 1.61. The molecule has 0 fully saturated rings. The van der Waals surface area contributed by atoms with E-state index in [9.17, 15) is 9.90 Å². The van der Waals surface area contributed by atoms with Crippen molar-refractivity contribution in [2.45, 2.75) is 47.1 Å². The fourth-order valence-electron chi connectivity index (χ4n) is 4.50. The SMILES string of the molecule is Cc1nn(C)c(C)c1Nc1ccc(C2=N[C@@H](CC(=O)O)c3nnc(C)n3-c3sc(C)c(C)c32)cc1. The van der Waals surface area contributed by atoms with Crippen LogP contribution in [0.4, 0.5) is 11.4 Å². The van der Waals surface area contributed by atoms with E-state index in [1.807, 2.05) is 61.3 Å². The third kappa shape index (κ3) is 3.83. The van der Waals surface area contributed by atoms with Crippen molar-refractivity contribution in [3.63, 3.8) is 0 Å². The zero-order chi connectivity index (χ0) is 25.0. The zero-order valence-electron chi connectivity index (χ0n) is 20.5. The minimum absolute atomic E-state index is 0.159. The third-order valence-corrected chi connectivity index (χ3v) is 7.74. The monoisotopic (exact) mass is 489 g/mol. The highest BCUT2D eigenvalue weighted by Gasteiger charge is 2.32. The molecule has 0 spiro atoms. The molecule has 35 heavy (non-hydrogen) atoms. The number of nitrogens with one attached hydrogen (secondary N) is 1. The van der Waals surface area contributed by atoms with E-state index >= 15 is 0 Å². The maximum Gasteiger partial charge on any atom is 0.306 e. The average Bonchev–Trinajstić information content (AvgIpc) is 3.37. The van der Waals surface area contributed by atoms with Crippen molar-refractivity contribution in [1.82, 2.24) is 24.5 Å². The van der Waals surface area contributed by atoms with Crippen LogP contribution in [0.25, 0.3) is 5.00 Å². The molecule has 2 N–H and O–H groups in total. The molecule has 1 aliphatic heterocycles. The summed E-state index contributed by atoms with van der Waals surface area (Å²) in [5.41, 5.74) is 7.76. The minimum atomic E-state index is -0.926. The number of aromatic nitrogens is 5. The number of carboxylic acid groups (broad SMARTS) is 1. The number of carboxylic acids is 1. The van der Waals surface area contributed by atoms with E-state index in [0.29, 0.717) is 5.82 Å². The molecule has 4 heterocycles. The van der Waals surface area contributed by atoms with Crippen LogP contribution in [0.5, 0.6) is 0 Å². The number of rotatable bonds is 5. The van der Waals surface area contributed by atoms with Gasteiger partial charge in [0.2, 0.25) is 0 Å². The molecule has 0 aliphatic carbocycles. The Labute approximate surface area is 207 Å². The second-order valence-electron chi connectivity index (χ2n) is 8.87. The van der Waals surface area contributed by atoms with Crippen LogP contribution in [-0.4, -0.2) is 41.3 Å². The van der Waals surface area contributed by atoms with E-state index in [1.54, 1.807) is 11.3 Å². The van der Waals surface area contributed by atoms with Gasteiger partial charge in [0.25, 0.3) is 0 Å². The highest BCUT2D eigenvalue weighted by Crippen LogP contribution is 2.39. The molecule has 1 atom stereocenters. The Kier molecular flexibility index (Phi) is 5.55. The largest absolute Gasteiger partial charge is 0.481 e. The summed E-state index contributed by atoms with van der Waals surface area (Å²) in [6.45, 7) is 10.1. The standard InChI is InChI=1S/C25H27N7O2S/c1-12-15(4)35-25-21(12)23(27-19(11-20(33)34)24-29-28-16(5)32(24)25)17-7-9-18(10-8-17)26-22-13(2)30-31(6)14(22)3/h7-10,19,26H,11H2,1-6H3,(H,33,34)/t19-/m0/s1. The van der Waals surface area contributed by atoms with Gasteiger partial charge < -0.3 is 10.4 Å². The summed E-state index contributed by atoms with van der Waals surface area (Å²) >= 11 is 1.65. The normalized spacial score (nSPS) is 14.8. The van der Waals surface area contributed by atoms with E-state index in [2.05, 4.69) is 34.5 Å². The first-order valence-electron chi connectivity index (χ1n) is 11.4. The molecular weight excluding hydrogens is 462 g/mol. The number of carbonyl (C=O) groups is 1. The molecule has 0 unspecified atom stereocenters. The molecule has 5 rings (SSSR count). The molecule has 0 saturated carbocycles. The molecule has 1 aliphatic rings. The van der Waals surface area contributed by atoms with Gasteiger partial charge >= 0.3 is 5.97 Å². The second kappa shape index (κ2) is 8.46. The summed E-state index contributed by atoms with van der Waals surface area (Å²) in [4.78, 5) is 17.9. The van der Waals surface area contributed by atoms with E-state index in [4.69, 9.17) is 4.99 Å². The van der Waals surface area contributed by atoms with Gasteiger partial charge in [-0.2, -0.15) is 5.10 Å². The van der Waals surface area contributed by atoms with E-state index in [0.717, 1.165) is 56.0 Å². The highest BCUT2D eigenvalue weighted by atomic mass is 32.1. The molecule has 4 aromatic rings. The molecule has 0 bridgehead atoms. The fourth-order valence-corrected chi connectivity index (χ4v) is 5.71. The Hall–Kier alpha value is -3.79. The predicted molar refractivity (Wildman–Crippen MR) is 136 cm³/mol. The zero-order valence-corrected chi connectivity index (χ0v) is 21.4. The Morgan fingerprint density at radius 2 is 1.83 bits per heavy atom. The molecule has 180 valence electrons. The molecule has 3 aromatic heterocycles. The van der Waals surface area contributed by atoms with Crippen molar-refractivity contribution in [3.8, 4) is 5.00 Å². The van der Waals surface area contributed by atoms with Crippen LogP contribution in [0, 0.1) is 34.6 Å². The fraction of sp³-hybridized carbons (Fsp3) is 0.320. The maximum absolute atomic E-state index is 11.7. The van der Waals surface area contributed by atoms with Crippen LogP contribution in [0.1, 0.15) is 57.1 Å². The lowest BCUT2D eigenvalue weighted by atomic mass is 9.99. The van der Waals surface area contributed by atoms with Crippen molar-refractivity contribution in [1.29, 1.82) is 0 Å². The van der Waals surface area contributed by atoms with Crippen LogP contribution < -0.4 is 5.32 Å². The maximum atomic E-state index is 11.7. The number of hydrogen-bond acceptors (Lipinski definition) is 7. The average molecular weight is 490 g/mol. The van der Waals surface area contributed by atoms with Crippen molar-refractivity contribution in [3.05, 3.63) is 68.9 Å². The first kappa shape index (κ1) is 23.0. The van der Waals surface area contributed by atoms with Crippen LogP contribution >= 0.6 is 11.3 Å². The van der Waals surface area contributed by atoms with Crippen molar-refractivity contribution < 1.29 is 9.90 Å². The summed E-state index contributed by atoms with van der Waals surface area (Å²) in [5, 5.41) is 27.1. The van der Waals surface area contributed by atoms with Gasteiger partial charge in [-0.3, -0.25) is 19.0 Å². The van der Waals surface area contributed by atoms with Gasteiger partial charge in [-0.15, -0.1) is 21.5 Å². The van der Waals surface area contributed by atoms with Crippen molar-refractivity contribution >= 4 is 34.4 Å². The molecule has 1 aromatic carbocycles. The quantitative estimate of drug-likeness (QED) is 0.420. The first-order chi connectivity index (χ1) is 16.7. The number of aliphatic imine (C=N–C) groups is 1. The van der Waals surface area contributed by atoms with E-state index in [1.165, 1.54) is 4.88 Å². The number of thiophene rings is 1. The number of nitrogens with zero attached hydrogens (tertiary/aromatic N) is 6. The summed E-state index contributed by atoms with van der Waals surface area (Å²) in [7, 11) is 1.93. The van der Waals surface area contributed by atoms with Gasteiger partial charge in [-0.25, -0.2) is 0 Å². The molecule has 0 radical (unpaired) electrons. The minimum Gasteiger partial charge on any atom is -0.481 e. The van der Waals surface area contributed by atoms with Crippen LogP contribution in [0.3, 0.4) is 0 Å². The molecular formula is C25H27N7O2S. The Morgan fingerprint density at radius 1 is 1.11 bits per heavy atom. The van der Waals surface area contributed by atoms with Gasteiger partial charge in [0, 0.05) is 28.7 Å². The van der Waals surface area contributed by atoms with Gasteiger partial charge in [-0.05, 0) is 52.3 Å². The lowest BCUT2D eigenvalue weighted by molar-refractivity contribution is -0.137. The summed E-state index contributed by atoms with van der Waals surface area (Å²) in [6.07, 6.45) is -0.159. The van der Waals surface area contributed by atoms with Crippen molar-refractivity contribution in [2.24, 2.45) is 12.0 Å². The topological polar surface area (TPSA) is 110 Å². The van der Waals surface area contributed by atoms with E-state index in [-0.39, 0.29) is 6.42 Å². The molecule has 0 saturated heterocycles. The van der Waals surface area contributed by atoms with E-state index < -0.39 is 12.0 Å². The lowest BCUT2D eigenvalue weighted by Gasteiger charge is -2.12. The van der Waals surface area contributed by atoms with Crippen molar-refractivity contribution in [2.75, 3.05) is 5.32 Å². The van der Waals surface area contributed by atoms with Gasteiger partial charge in [0.1, 0.15) is 16.9 Å². The number of fused-ring (bicyclic) bond motifs is 3. The van der Waals surface area contributed by atoms with Crippen LogP contribution in [-0.2, 0) is 11.8 Å². The van der Waals surface area contributed by atoms with Crippen LogP contribution in [0.2, 0.25) is 0 Å². The molecule has 9 nitrogen and oxygen atoms in total. The Morgan fingerprint density at radius 3 is 2.46 bits per heavy atom. The van der Waals surface area contributed by atoms with Crippen LogP contribution in [0.15, 0.2) is 29.3 Å².